The van der Waals surface area contributed by atoms with Gasteiger partial charge in [0.25, 0.3) is 5.56 Å². The highest BCUT2D eigenvalue weighted by molar-refractivity contribution is 6.30. The van der Waals surface area contributed by atoms with Crippen molar-refractivity contribution in [2.45, 2.75) is 26.3 Å². The minimum atomic E-state index is -0.672. The fourth-order valence-electron chi connectivity index (χ4n) is 3.89. The van der Waals surface area contributed by atoms with Crippen molar-refractivity contribution in [1.82, 2.24) is 14.9 Å². The summed E-state index contributed by atoms with van der Waals surface area (Å²) in [6.07, 6.45) is 0. The summed E-state index contributed by atoms with van der Waals surface area (Å²) in [6, 6.07) is 7.02. The molecular weight excluding hydrogens is 422 g/mol. The molecule has 1 aromatic heterocycles. The van der Waals surface area contributed by atoms with Gasteiger partial charge in [-0.3, -0.25) is 9.69 Å². The molecular formula is C22H24ClN3O5. The minimum absolute atomic E-state index is 0.206. The molecule has 4 rings (SSSR count). The van der Waals surface area contributed by atoms with Gasteiger partial charge in [-0.25, -0.2) is 4.79 Å². The fraction of sp³-hybridized carbons (Fsp3) is 0.409. The second kappa shape index (κ2) is 9.21. The van der Waals surface area contributed by atoms with Crippen LogP contribution in [0.3, 0.4) is 0 Å². The number of halogens is 1. The van der Waals surface area contributed by atoms with E-state index in [0.717, 1.165) is 18.7 Å². The van der Waals surface area contributed by atoms with Crippen LogP contribution in [0.15, 0.2) is 40.4 Å². The van der Waals surface area contributed by atoms with Crippen LogP contribution < -0.4 is 10.3 Å². The molecule has 2 aromatic rings. The van der Waals surface area contributed by atoms with Crippen molar-refractivity contribution < 1.29 is 19.0 Å². The average molecular weight is 446 g/mol. The number of allylic oxidation sites excluding steroid dienone is 1. The van der Waals surface area contributed by atoms with Crippen LogP contribution >= 0.6 is 11.6 Å². The average Bonchev–Trinajstić information content (AvgIpc) is 2.74. The molecule has 9 heteroatoms. The second-order valence-electron chi connectivity index (χ2n) is 7.40. The number of aromatic nitrogens is 2. The first-order chi connectivity index (χ1) is 15.0. The molecule has 0 spiro atoms. The Morgan fingerprint density at radius 3 is 2.68 bits per heavy atom. The zero-order valence-electron chi connectivity index (χ0n) is 17.4. The Labute approximate surface area is 184 Å². The molecule has 1 atom stereocenters. The Kier molecular flexibility index (Phi) is 6.41. The van der Waals surface area contributed by atoms with Gasteiger partial charge in [0, 0.05) is 18.1 Å². The summed E-state index contributed by atoms with van der Waals surface area (Å²) in [7, 11) is 0. The minimum Gasteiger partial charge on any atom is -0.463 e. The number of benzene rings is 1. The van der Waals surface area contributed by atoms with Crippen LogP contribution in [-0.2, 0) is 20.8 Å². The third-order valence-electron chi connectivity index (χ3n) is 5.35. The highest BCUT2D eigenvalue weighted by atomic mass is 35.5. The number of nitrogens with one attached hydrogen (secondary N) is 1. The van der Waals surface area contributed by atoms with Gasteiger partial charge in [-0.05, 0) is 31.5 Å². The Morgan fingerprint density at radius 1 is 1.29 bits per heavy atom. The number of fused-ring (bicyclic) bond motifs is 1. The first kappa shape index (κ1) is 21.5. The smallest absolute Gasteiger partial charge is 0.338 e. The van der Waals surface area contributed by atoms with E-state index >= 15 is 0 Å². The van der Waals surface area contributed by atoms with Gasteiger partial charge in [0.15, 0.2) is 0 Å². The number of hydrogen-bond donors (Lipinski definition) is 1. The number of aromatic amines is 1. The van der Waals surface area contributed by atoms with E-state index in [4.69, 9.17) is 25.8 Å². The molecule has 3 heterocycles. The summed E-state index contributed by atoms with van der Waals surface area (Å²) in [5.74, 6) is -0.122. The fourth-order valence-corrected chi connectivity index (χ4v) is 4.02. The lowest BCUT2D eigenvalue weighted by atomic mass is 9.83. The van der Waals surface area contributed by atoms with Crippen LogP contribution in [0.4, 0.5) is 0 Å². The highest BCUT2D eigenvalue weighted by Crippen LogP contribution is 2.41. The molecule has 0 saturated carbocycles. The largest absolute Gasteiger partial charge is 0.463 e. The number of hydrogen-bond acceptors (Lipinski definition) is 7. The number of morpholine rings is 1. The summed E-state index contributed by atoms with van der Waals surface area (Å²) in [6.45, 7) is 6.93. The quantitative estimate of drug-likeness (QED) is 0.707. The van der Waals surface area contributed by atoms with Crippen LogP contribution in [0.1, 0.15) is 36.7 Å². The summed E-state index contributed by atoms with van der Waals surface area (Å²) in [4.78, 5) is 35.6. The predicted octanol–water partition coefficient (Wildman–Crippen LogP) is 2.62. The standard InChI is InChI=1S/C22H24ClN3O5/c1-3-30-22(28)17-13(2)31-21-19(18(17)14-4-6-15(23)7-5-14)20(27)24-16(25-21)12-26-8-10-29-11-9-26/h4-7,18H,3,8-12H2,1-2H3,(H,24,25,27). The monoisotopic (exact) mass is 445 g/mol. The maximum Gasteiger partial charge on any atom is 0.338 e. The SMILES string of the molecule is CCOC(=O)C1=C(C)Oc2nc(CN3CCOCC3)[nH]c(=O)c2C1c1ccc(Cl)cc1. The summed E-state index contributed by atoms with van der Waals surface area (Å²) < 4.78 is 16.5. The van der Waals surface area contributed by atoms with Gasteiger partial charge in [-0.2, -0.15) is 4.98 Å². The molecule has 0 amide bonds. The Morgan fingerprint density at radius 2 is 2.00 bits per heavy atom. The van der Waals surface area contributed by atoms with Gasteiger partial charge in [-0.1, -0.05) is 23.7 Å². The van der Waals surface area contributed by atoms with E-state index in [-0.39, 0.29) is 29.2 Å². The topological polar surface area (TPSA) is 93.8 Å². The van der Waals surface area contributed by atoms with Gasteiger partial charge in [0.1, 0.15) is 11.6 Å². The molecule has 31 heavy (non-hydrogen) atoms. The second-order valence-corrected chi connectivity index (χ2v) is 7.83. The Bertz CT molecular complexity index is 1060. The van der Waals surface area contributed by atoms with Crippen molar-refractivity contribution in [3.8, 4) is 5.88 Å². The van der Waals surface area contributed by atoms with E-state index in [2.05, 4.69) is 14.9 Å². The van der Waals surface area contributed by atoms with Gasteiger partial charge >= 0.3 is 5.97 Å². The van der Waals surface area contributed by atoms with E-state index in [1.807, 2.05) is 0 Å². The normalized spacial score (nSPS) is 19.0. The lowest BCUT2D eigenvalue weighted by Gasteiger charge is -2.29. The van der Waals surface area contributed by atoms with Crippen molar-refractivity contribution in [2.75, 3.05) is 32.9 Å². The van der Waals surface area contributed by atoms with Crippen molar-refractivity contribution in [1.29, 1.82) is 0 Å². The zero-order valence-corrected chi connectivity index (χ0v) is 18.2. The van der Waals surface area contributed by atoms with Crippen LogP contribution in [0.5, 0.6) is 5.88 Å². The lowest BCUT2D eigenvalue weighted by Crippen LogP contribution is -2.37. The van der Waals surface area contributed by atoms with Crippen molar-refractivity contribution >= 4 is 17.6 Å². The number of carbonyl (C=O) groups excluding carboxylic acids is 1. The van der Waals surface area contributed by atoms with Gasteiger partial charge in [0.05, 0.1) is 43.4 Å². The van der Waals surface area contributed by atoms with Gasteiger partial charge in [0.2, 0.25) is 5.88 Å². The van der Waals surface area contributed by atoms with Crippen LogP contribution in [0.25, 0.3) is 0 Å². The Hall–Kier alpha value is -2.68. The Balaban J connectivity index is 1.78. The van der Waals surface area contributed by atoms with E-state index in [1.165, 1.54) is 0 Å². The van der Waals surface area contributed by atoms with Crippen LogP contribution in [0.2, 0.25) is 5.02 Å². The van der Waals surface area contributed by atoms with Crippen molar-refractivity contribution in [2.24, 2.45) is 0 Å². The first-order valence-electron chi connectivity index (χ1n) is 10.2. The molecule has 1 N–H and O–H groups in total. The molecule has 8 nitrogen and oxygen atoms in total. The van der Waals surface area contributed by atoms with Gasteiger partial charge in [-0.15, -0.1) is 0 Å². The molecule has 1 fully saturated rings. The van der Waals surface area contributed by atoms with Crippen LogP contribution in [-0.4, -0.2) is 53.7 Å². The predicted molar refractivity (Wildman–Crippen MR) is 114 cm³/mol. The molecule has 1 unspecified atom stereocenters. The number of esters is 1. The number of rotatable bonds is 5. The molecule has 1 aromatic carbocycles. The molecule has 2 aliphatic rings. The van der Waals surface area contributed by atoms with Crippen LogP contribution in [0, 0.1) is 0 Å². The molecule has 0 bridgehead atoms. The van der Waals surface area contributed by atoms with Crippen molar-refractivity contribution in [3.63, 3.8) is 0 Å². The summed E-state index contributed by atoms with van der Waals surface area (Å²) in [5, 5.41) is 0.558. The lowest BCUT2D eigenvalue weighted by molar-refractivity contribution is -0.139. The van der Waals surface area contributed by atoms with E-state index in [1.54, 1.807) is 38.1 Å². The number of ether oxygens (including phenoxy) is 3. The first-order valence-corrected chi connectivity index (χ1v) is 10.6. The zero-order chi connectivity index (χ0) is 22.0. The van der Waals surface area contributed by atoms with E-state index in [9.17, 15) is 9.59 Å². The van der Waals surface area contributed by atoms with E-state index < -0.39 is 11.9 Å². The third kappa shape index (κ3) is 4.51. The number of H-pyrrole nitrogens is 1. The summed E-state index contributed by atoms with van der Waals surface area (Å²) >= 11 is 6.05. The van der Waals surface area contributed by atoms with E-state index in [0.29, 0.717) is 36.4 Å². The maximum absolute atomic E-state index is 13.2. The third-order valence-corrected chi connectivity index (χ3v) is 5.60. The summed E-state index contributed by atoms with van der Waals surface area (Å²) in [5.41, 5.74) is 0.943. The molecule has 2 aliphatic heterocycles. The molecule has 0 radical (unpaired) electrons. The number of nitrogens with zero attached hydrogens (tertiary/aromatic N) is 2. The van der Waals surface area contributed by atoms with Gasteiger partial charge < -0.3 is 19.2 Å². The number of carbonyl (C=O) groups is 1. The highest BCUT2D eigenvalue weighted by Gasteiger charge is 2.38. The molecule has 164 valence electrons. The molecule has 0 aliphatic carbocycles. The maximum atomic E-state index is 13.2. The molecule has 1 saturated heterocycles. The van der Waals surface area contributed by atoms with Crippen molar-refractivity contribution in [3.05, 3.63) is 67.9 Å².